The lowest BCUT2D eigenvalue weighted by atomic mass is 10.3. The molecule has 1 saturated carbocycles. The fraction of sp³-hybridized carbons (Fsp3) is 1.00. The summed E-state index contributed by atoms with van der Waals surface area (Å²) in [5.74, 6) is 1.20. The van der Waals surface area contributed by atoms with Gasteiger partial charge in [-0.2, -0.15) is 8.42 Å². The van der Waals surface area contributed by atoms with Gasteiger partial charge in [0.1, 0.15) is 0 Å². The van der Waals surface area contributed by atoms with E-state index in [9.17, 15) is 8.42 Å². The molecule has 0 amide bonds. The molecule has 0 heterocycles. The van der Waals surface area contributed by atoms with Crippen LogP contribution < -0.4 is 0 Å². The Morgan fingerprint density at radius 1 is 1.45 bits per heavy atom. The Morgan fingerprint density at radius 2 is 2.09 bits per heavy atom. The molecule has 2 atom stereocenters. The van der Waals surface area contributed by atoms with Crippen LogP contribution in [0.3, 0.4) is 0 Å². The predicted molar refractivity (Wildman–Crippen MR) is 42.7 cm³/mol. The standard InChI is InChI=1S/C7H14O3S/c1-3-6-4-7(6)5-10-11(2,8)9/h6-7H,3-5H2,1-2H3/t6-,7+/m1/s1. The zero-order chi connectivity index (χ0) is 8.48. The average Bonchev–Trinajstić information content (AvgIpc) is 2.60. The Morgan fingerprint density at radius 3 is 2.45 bits per heavy atom. The Balaban J connectivity index is 2.16. The van der Waals surface area contributed by atoms with Crippen molar-refractivity contribution in [1.82, 2.24) is 0 Å². The summed E-state index contributed by atoms with van der Waals surface area (Å²) in [6.07, 6.45) is 3.36. The minimum absolute atomic E-state index is 0.386. The van der Waals surface area contributed by atoms with E-state index in [0.29, 0.717) is 18.4 Å². The highest BCUT2D eigenvalue weighted by Gasteiger charge is 2.35. The van der Waals surface area contributed by atoms with E-state index >= 15 is 0 Å². The average molecular weight is 178 g/mol. The van der Waals surface area contributed by atoms with Crippen molar-refractivity contribution < 1.29 is 12.6 Å². The molecule has 1 fully saturated rings. The molecule has 0 spiro atoms. The third-order valence-corrected chi connectivity index (χ3v) is 2.65. The lowest BCUT2D eigenvalue weighted by molar-refractivity contribution is 0.297. The van der Waals surface area contributed by atoms with Crippen LogP contribution in [-0.4, -0.2) is 21.3 Å². The highest BCUT2D eigenvalue weighted by atomic mass is 32.2. The summed E-state index contributed by atoms with van der Waals surface area (Å²) < 4.78 is 25.7. The smallest absolute Gasteiger partial charge is 0.264 e. The van der Waals surface area contributed by atoms with Crippen molar-refractivity contribution in [2.45, 2.75) is 19.8 Å². The van der Waals surface area contributed by atoms with Crippen LogP contribution in [0, 0.1) is 11.8 Å². The second-order valence-corrected chi connectivity index (χ2v) is 4.80. The van der Waals surface area contributed by atoms with Crippen LogP contribution in [-0.2, 0) is 14.3 Å². The molecule has 1 aliphatic rings. The molecule has 66 valence electrons. The van der Waals surface area contributed by atoms with Crippen LogP contribution >= 0.6 is 0 Å². The molecule has 0 aromatic carbocycles. The summed E-state index contributed by atoms with van der Waals surface area (Å²) in [4.78, 5) is 0. The van der Waals surface area contributed by atoms with Crippen molar-refractivity contribution in [1.29, 1.82) is 0 Å². The lowest BCUT2D eigenvalue weighted by Gasteiger charge is -1.98. The highest BCUT2D eigenvalue weighted by Crippen LogP contribution is 2.41. The van der Waals surface area contributed by atoms with Crippen LogP contribution in [0.1, 0.15) is 19.8 Å². The molecule has 0 aromatic rings. The van der Waals surface area contributed by atoms with E-state index in [1.807, 2.05) is 0 Å². The molecule has 0 aliphatic heterocycles. The van der Waals surface area contributed by atoms with Crippen LogP contribution in [0.15, 0.2) is 0 Å². The molecule has 0 N–H and O–H groups in total. The zero-order valence-corrected chi connectivity index (χ0v) is 7.73. The van der Waals surface area contributed by atoms with E-state index in [4.69, 9.17) is 0 Å². The molecule has 0 radical (unpaired) electrons. The van der Waals surface area contributed by atoms with Gasteiger partial charge in [0.2, 0.25) is 0 Å². The quantitative estimate of drug-likeness (QED) is 0.603. The molecule has 11 heavy (non-hydrogen) atoms. The van der Waals surface area contributed by atoms with Crippen molar-refractivity contribution in [3.63, 3.8) is 0 Å². The van der Waals surface area contributed by atoms with Gasteiger partial charge in [-0.1, -0.05) is 13.3 Å². The summed E-state index contributed by atoms with van der Waals surface area (Å²) in [6, 6.07) is 0. The Kier molecular flexibility index (Phi) is 2.54. The minimum Gasteiger partial charge on any atom is -0.270 e. The fourth-order valence-electron chi connectivity index (χ4n) is 1.23. The first-order valence-corrected chi connectivity index (χ1v) is 5.69. The van der Waals surface area contributed by atoms with Crippen LogP contribution in [0.4, 0.5) is 0 Å². The third kappa shape index (κ3) is 3.20. The van der Waals surface area contributed by atoms with E-state index < -0.39 is 10.1 Å². The van der Waals surface area contributed by atoms with Crippen molar-refractivity contribution in [3.05, 3.63) is 0 Å². The molecule has 3 nitrogen and oxygen atoms in total. The molecular formula is C7H14O3S. The Bertz CT molecular complexity index is 220. The van der Waals surface area contributed by atoms with E-state index in [0.717, 1.165) is 19.1 Å². The number of rotatable bonds is 4. The molecule has 1 rings (SSSR count). The van der Waals surface area contributed by atoms with E-state index in [1.54, 1.807) is 0 Å². The molecular weight excluding hydrogens is 164 g/mol. The van der Waals surface area contributed by atoms with Gasteiger partial charge >= 0.3 is 0 Å². The van der Waals surface area contributed by atoms with Gasteiger partial charge in [-0.25, -0.2) is 0 Å². The van der Waals surface area contributed by atoms with Crippen LogP contribution in [0.2, 0.25) is 0 Å². The van der Waals surface area contributed by atoms with Gasteiger partial charge in [-0.05, 0) is 18.3 Å². The summed E-state index contributed by atoms with van der Waals surface area (Å²) in [7, 11) is -3.21. The zero-order valence-electron chi connectivity index (χ0n) is 6.91. The topological polar surface area (TPSA) is 43.4 Å². The van der Waals surface area contributed by atoms with Gasteiger partial charge in [-0.3, -0.25) is 4.18 Å². The first-order chi connectivity index (χ1) is 5.03. The predicted octanol–water partition coefficient (Wildman–Crippen LogP) is 1.01. The summed E-state index contributed by atoms with van der Waals surface area (Å²) in [5, 5.41) is 0. The highest BCUT2D eigenvalue weighted by molar-refractivity contribution is 7.85. The van der Waals surface area contributed by atoms with Crippen LogP contribution in [0.25, 0.3) is 0 Å². The van der Waals surface area contributed by atoms with Gasteiger partial charge in [0, 0.05) is 0 Å². The lowest BCUT2D eigenvalue weighted by Crippen LogP contribution is -2.06. The van der Waals surface area contributed by atoms with Crippen LogP contribution in [0.5, 0.6) is 0 Å². The number of hydrogen-bond donors (Lipinski definition) is 0. The van der Waals surface area contributed by atoms with Gasteiger partial charge < -0.3 is 0 Å². The third-order valence-electron chi connectivity index (χ3n) is 2.09. The summed E-state index contributed by atoms with van der Waals surface area (Å²) in [6.45, 7) is 2.50. The minimum atomic E-state index is -3.21. The number of hydrogen-bond acceptors (Lipinski definition) is 3. The summed E-state index contributed by atoms with van der Waals surface area (Å²) in [5.41, 5.74) is 0. The van der Waals surface area contributed by atoms with E-state index in [1.165, 1.54) is 0 Å². The Hall–Kier alpha value is -0.0900. The molecule has 0 bridgehead atoms. The van der Waals surface area contributed by atoms with Crippen molar-refractivity contribution >= 4 is 10.1 Å². The van der Waals surface area contributed by atoms with Gasteiger partial charge in [-0.15, -0.1) is 0 Å². The van der Waals surface area contributed by atoms with Gasteiger partial charge in [0.05, 0.1) is 12.9 Å². The second kappa shape index (κ2) is 3.11. The van der Waals surface area contributed by atoms with Gasteiger partial charge in [0.25, 0.3) is 10.1 Å². The van der Waals surface area contributed by atoms with Crippen molar-refractivity contribution in [2.75, 3.05) is 12.9 Å². The van der Waals surface area contributed by atoms with Crippen molar-refractivity contribution in [2.24, 2.45) is 11.8 Å². The van der Waals surface area contributed by atoms with E-state index in [2.05, 4.69) is 11.1 Å². The first-order valence-electron chi connectivity index (χ1n) is 3.87. The molecule has 0 unspecified atom stereocenters. The fourth-order valence-corrected chi connectivity index (χ4v) is 1.65. The largest absolute Gasteiger partial charge is 0.270 e. The Labute approximate surface area is 67.9 Å². The maximum absolute atomic E-state index is 10.5. The molecule has 1 aliphatic carbocycles. The first kappa shape index (κ1) is 9.00. The maximum Gasteiger partial charge on any atom is 0.264 e. The van der Waals surface area contributed by atoms with Crippen molar-refractivity contribution in [3.8, 4) is 0 Å². The normalized spacial score (nSPS) is 30.4. The van der Waals surface area contributed by atoms with Gasteiger partial charge in [0.15, 0.2) is 0 Å². The van der Waals surface area contributed by atoms with E-state index in [-0.39, 0.29) is 0 Å². The monoisotopic (exact) mass is 178 g/mol. The second-order valence-electron chi connectivity index (χ2n) is 3.15. The maximum atomic E-state index is 10.5. The molecule has 0 saturated heterocycles. The molecule has 0 aromatic heterocycles. The SMILES string of the molecule is CC[C@@H]1C[C@H]1COS(C)(=O)=O. The summed E-state index contributed by atoms with van der Waals surface area (Å²) >= 11 is 0. The molecule has 4 heteroatoms.